The molecule has 4 aromatic rings. The van der Waals surface area contributed by atoms with Crippen LogP contribution in [0.3, 0.4) is 0 Å². The summed E-state index contributed by atoms with van der Waals surface area (Å²) >= 11 is 0. The Balaban J connectivity index is 1.58. The number of aliphatic hydroxyl groups is 2. The fourth-order valence-corrected chi connectivity index (χ4v) is 4.72. The Morgan fingerprint density at radius 3 is 1.86 bits per heavy atom. The molecule has 0 saturated heterocycles. The van der Waals surface area contributed by atoms with Crippen molar-refractivity contribution < 1.29 is 15.3 Å². The molecule has 3 N–H and O–H groups in total. The molecule has 2 atom stereocenters. The number of rotatable bonds is 3. The highest BCUT2D eigenvalue weighted by atomic mass is 16.3. The van der Waals surface area contributed by atoms with Gasteiger partial charge in [0.25, 0.3) is 0 Å². The standard InChI is InChI=1S/C24H24N2O3/c1-25(2)14-11-12-17(20(27)13-14)21-23(28)22(24(21)29)26-18-9-5-3-7-15(18)16-8-4-6-10-19(16)26/h3-13,21-24,27-29H,1-2H3. The minimum absolute atomic E-state index is 0.0972. The van der Waals surface area contributed by atoms with E-state index < -0.39 is 24.2 Å². The van der Waals surface area contributed by atoms with Crippen molar-refractivity contribution in [1.29, 1.82) is 0 Å². The highest BCUT2D eigenvalue weighted by Gasteiger charge is 2.52. The summed E-state index contributed by atoms with van der Waals surface area (Å²) in [6.45, 7) is 0. The zero-order valence-electron chi connectivity index (χ0n) is 16.4. The zero-order chi connectivity index (χ0) is 20.3. The van der Waals surface area contributed by atoms with Crippen LogP contribution in [0.2, 0.25) is 0 Å². The molecule has 0 bridgehead atoms. The fourth-order valence-electron chi connectivity index (χ4n) is 4.72. The topological polar surface area (TPSA) is 68.9 Å². The van der Waals surface area contributed by atoms with E-state index >= 15 is 0 Å². The number of aliphatic hydroxyl groups excluding tert-OH is 2. The van der Waals surface area contributed by atoms with Crippen LogP contribution in [0.15, 0.2) is 66.7 Å². The molecule has 0 spiro atoms. The summed E-state index contributed by atoms with van der Waals surface area (Å²) in [6.07, 6.45) is -1.61. The molecule has 5 nitrogen and oxygen atoms in total. The first-order chi connectivity index (χ1) is 14.0. The van der Waals surface area contributed by atoms with Crippen molar-refractivity contribution in [2.24, 2.45) is 0 Å². The van der Waals surface area contributed by atoms with E-state index in [4.69, 9.17) is 0 Å². The number of benzene rings is 3. The summed E-state index contributed by atoms with van der Waals surface area (Å²) < 4.78 is 2.04. The SMILES string of the molecule is CN(C)c1ccc(C2C(O)C(n3c4ccccc4c4ccccc43)C2O)c(O)c1. The number of phenols is 1. The second kappa shape index (κ2) is 6.51. The number of hydrogen-bond donors (Lipinski definition) is 3. The van der Waals surface area contributed by atoms with Gasteiger partial charge < -0.3 is 24.8 Å². The third-order valence-corrected chi connectivity index (χ3v) is 6.24. The second-order valence-electron chi connectivity index (χ2n) is 8.04. The van der Waals surface area contributed by atoms with Crippen molar-refractivity contribution in [3.8, 4) is 5.75 Å². The average Bonchev–Trinajstić information content (AvgIpc) is 3.04. The van der Waals surface area contributed by atoms with Gasteiger partial charge in [-0.3, -0.25) is 0 Å². The van der Waals surface area contributed by atoms with Gasteiger partial charge in [0.1, 0.15) is 5.75 Å². The molecule has 5 heteroatoms. The monoisotopic (exact) mass is 388 g/mol. The predicted molar refractivity (Wildman–Crippen MR) is 116 cm³/mol. The van der Waals surface area contributed by atoms with Gasteiger partial charge in [-0.2, -0.15) is 0 Å². The number of aromatic nitrogens is 1. The molecule has 0 aliphatic heterocycles. The first kappa shape index (κ1) is 18.0. The van der Waals surface area contributed by atoms with E-state index in [9.17, 15) is 15.3 Å². The number of hydrogen-bond acceptors (Lipinski definition) is 4. The van der Waals surface area contributed by atoms with E-state index in [0.717, 1.165) is 27.5 Å². The van der Waals surface area contributed by atoms with Gasteiger partial charge in [-0.15, -0.1) is 0 Å². The van der Waals surface area contributed by atoms with Gasteiger partial charge in [-0.1, -0.05) is 42.5 Å². The Bertz CT molecular complexity index is 1150. The van der Waals surface area contributed by atoms with Crippen LogP contribution in [0.25, 0.3) is 21.8 Å². The lowest BCUT2D eigenvalue weighted by atomic mass is 9.69. The summed E-state index contributed by atoms with van der Waals surface area (Å²) in [5.41, 5.74) is 3.42. The zero-order valence-corrected chi connectivity index (χ0v) is 16.4. The normalized spacial score (nSPS) is 24.0. The maximum Gasteiger partial charge on any atom is 0.121 e. The van der Waals surface area contributed by atoms with Crippen LogP contribution in [-0.2, 0) is 0 Å². The van der Waals surface area contributed by atoms with Crippen LogP contribution in [0.4, 0.5) is 5.69 Å². The molecule has 2 unspecified atom stereocenters. The lowest BCUT2D eigenvalue weighted by molar-refractivity contribution is -0.104. The van der Waals surface area contributed by atoms with Crippen molar-refractivity contribution in [3.63, 3.8) is 0 Å². The number of fused-ring (bicyclic) bond motifs is 3. The first-order valence-electron chi connectivity index (χ1n) is 9.83. The van der Waals surface area contributed by atoms with Gasteiger partial charge in [-0.25, -0.2) is 0 Å². The van der Waals surface area contributed by atoms with Crippen LogP contribution in [0.5, 0.6) is 5.75 Å². The van der Waals surface area contributed by atoms with Crippen LogP contribution >= 0.6 is 0 Å². The van der Waals surface area contributed by atoms with Crippen molar-refractivity contribution >= 4 is 27.5 Å². The molecule has 0 amide bonds. The third-order valence-electron chi connectivity index (χ3n) is 6.24. The van der Waals surface area contributed by atoms with E-state index in [0.29, 0.717) is 5.56 Å². The highest BCUT2D eigenvalue weighted by molar-refractivity contribution is 6.08. The van der Waals surface area contributed by atoms with Gasteiger partial charge >= 0.3 is 0 Å². The van der Waals surface area contributed by atoms with E-state index in [2.05, 4.69) is 12.1 Å². The molecule has 1 aromatic heterocycles. The molecular formula is C24H24N2O3. The smallest absolute Gasteiger partial charge is 0.121 e. The Kier molecular flexibility index (Phi) is 4.05. The fraction of sp³-hybridized carbons (Fsp3) is 0.250. The molecule has 3 aromatic carbocycles. The maximum absolute atomic E-state index is 11.1. The molecule has 1 heterocycles. The number of aromatic hydroxyl groups is 1. The predicted octanol–water partition coefficient (Wildman–Crippen LogP) is 3.63. The molecule has 148 valence electrons. The van der Waals surface area contributed by atoms with E-state index in [1.165, 1.54) is 0 Å². The Hall–Kier alpha value is -3.02. The number of para-hydroxylation sites is 2. The molecular weight excluding hydrogens is 364 g/mol. The number of anilines is 1. The lowest BCUT2D eigenvalue weighted by Crippen LogP contribution is -2.54. The molecule has 1 fully saturated rings. The minimum Gasteiger partial charge on any atom is -0.508 e. The number of phenolic OH excluding ortho intramolecular Hbond substituents is 1. The lowest BCUT2D eigenvalue weighted by Gasteiger charge is -2.48. The van der Waals surface area contributed by atoms with Crippen LogP contribution < -0.4 is 4.90 Å². The van der Waals surface area contributed by atoms with Gasteiger partial charge in [0.15, 0.2) is 0 Å². The number of nitrogens with zero attached hydrogens (tertiary/aromatic N) is 2. The van der Waals surface area contributed by atoms with Crippen molar-refractivity contribution in [2.75, 3.05) is 19.0 Å². The molecule has 0 radical (unpaired) electrons. The summed E-state index contributed by atoms with van der Waals surface area (Å²) in [4.78, 5) is 1.90. The van der Waals surface area contributed by atoms with Crippen LogP contribution in [0, 0.1) is 0 Å². The van der Waals surface area contributed by atoms with Crippen molar-refractivity contribution in [3.05, 3.63) is 72.3 Å². The largest absolute Gasteiger partial charge is 0.508 e. The molecule has 1 aliphatic rings. The Morgan fingerprint density at radius 2 is 1.34 bits per heavy atom. The van der Waals surface area contributed by atoms with E-state index in [1.807, 2.05) is 66.0 Å². The molecule has 29 heavy (non-hydrogen) atoms. The second-order valence-corrected chi connectivity index (χ2v) is 8.04. The molecule has 1 aliphatic carbocycles. The van der Waals surface area contributed by atoms with Crippen LogP contribution in [-0.4, -0.2) is 46.2 Å². The van der Waals surface area contributed by atoms with Gasteiger partial charge in [0.05, 0.1) is 18.2 Å². The van der Waals surface area contributed by atoms with E-state index in [-0.39, 0.29) is 5.75 Å². The summed E-state index contributed by atoms with van der Waals surface area (Å²) in [6, 6.07) is 21.0. The third kappa shape index (κ3) is 2.55. The van der Waals surface area contributed by atoms with Gasteiger partial charge in [-0.05, 0) is 18.2 Å². The first-order valence-corrected chi connectivity index (χ1v) is 9.83. The van der Waals surface area contributed by atoms with E-state index in [1.54, 1.807) is 12.1 Å². The Labute approximate surface area is 169 Å². The van der Waals surface area contributed by atoms with Crippen LogP contribution in [0.1, 0.15) is 17.5 Å². The van der Waals surface area contributed by atoms with Gasteiger partial charge in [0.2, 0.25) is 0 Å². The maximum atomic E-state index is 11.1. The van der Waals surface area contributed by atoms with Crippen molar-refractivity contribution in [2.45, 2.75) is 24.2 Å². The quantitative estimate of drug-likeness (QED) is 0.501. The van der Waals surface area contributed by atoms with Crippen molar-refractivity contribution in [1.82, 2.24) is 4.57 Å². The minimum atomic E-state index is -0.805. The van der Waals surface area contributed by atoms with Gasteiger partial charge in [0, 0.05) is 59.1 Å². The summed E-state index contributed by atoms with van der Waals surface area (Å²) in [5, 5.41) is 34.9. The molecule has 5 rings (SSSR count). The highest BCUT2D eigenvalue weighted by Crippen LogP contribution is 2.50. The Morgan fingerprint density at radius 1 is 0.793 bits per heavy atom. The summed E-state index contributed by atoms with van der Waals surface area (Å²) in [5.74, 6) is -0.434. The average molecular weight is 388 g/mol. The summed E-state index contributed by atoms with van der Waals surface area (Å²) in [7, 11) is 3.81. The molecule has 1 saturated carbocycles.